The molecule has 2 aliphatic heterocycles. The van der Waals surface area contributed by atoms with Gasteiger partial charge in [0.2, 0.25) is 0 Å². The van der Waals surface area contributed by atoms with E-state index in [0.29, 0.717) is 5.66 Å². The van der Waals surface area contributed by atoms with Gasteiger partial charge in [-0.15, -0.1) is 0 Å². The number of hydrazone groups is 1. The molecule has 30 heavy (non-hydrogen) atoms. The molecule has 2 atom stereocenters. The molecule has 0 aromatic heterocycles. The number of benzene rings is 4. The fourth-order valence-electron chi connectivity index (χ4n) is 4.76. The van der Waals surface area contributed by atoms with Gasteiger partial charge in [-0.25, -0.2) is 4.78 Å². The molecule has 6 rings (SSSR count). The Hall–Kier alpha value is -3.22. The lowest BCUT2D eigenvalue weighted by Crippen LogP contribution is -2.24. The molecule has 0 radical (unpaired) electrons. The van der Waals surface area contributed by atoms with E-state index in [0.717, 1.165) is 0 Å². The zero-order valence-electron chi connectivity index (χ0n) is 16.5. The lowest BCUT2D eigenvalue weighted by molar-refractivity contribution is 0.879. The van der Waals surface area contributed by atoms with E-state index in [-0.39, 0.29) is 5.16 Å². The lowest BCUT2D eigenvalue weighted by Gasteiger charge is -2.27. The summed E-state index contributed by atoms with van der Waals surface area (Å²) in [5.74, 6) is 0. The first kappa shape index (κ1) is 17.6. The molecule has 144 valence electrons. The van der Waals surface area contributed by atoms with E-state index in [9.17, 15) is 0 Å². The Labute approximate surface area is 178 Å². The van der Waals surface area contributed by atoms with Gasteiger partial charge in [-0.1, -0.05) is 109 Å². The molecule has 0 saturated carbocycles. The molecular formula is C27H21N2P. The standard InChI is InChI=1S/C27H21N2P/c1-5-13-21(14-6-1)25-26-27(22-15-7-2-8-16-22,23-17-9-3-10-18-23)30(26)29(28-25)24-19-11-4-12-20-24/h1-20,26H. The first-order valence-electron chi connectivity index (χ1n) is 10.3. The third kappa shape index (κ3) is 2.51. The number of hydrogen-bond donors (Lipinski definition) is 0. The summed E-state index contributed by atoms with van der Waals surface area (Å²) in [5.41, 5.74) is 6.75. The molecule has 0 aliphatic carbocycles. The summed E-state index contributed by atoms with van der Waals surface area (Å²) < 4.78 is 2.32. The number of para-hydroxylation sites is 1. The Morgan fingerprint density at radius 1 is 0.600 bits per heavy atom. The summed E-state index contributed by atoms with van der Waals surface area (Å²) in [6.07, 6.45) is 0. The van der Waals surface area contributed by atoms with Crippen molar-refractivity contribution in [3.63, 3.8) is 0 Å². The Bertz CT molecular complexity index is 1150. The number of nitrogens with zero attached hydrogens (tertiary/aromatic N) is 2. The Morgan fingerprint density at radius 2 is 1.07 bits per heavy atom. The van der Waals surface area contributed by atoms with Crippen LogP contribution in [0.1, 0.15) is 16.7 Å². The topological polar surface area (TPSA) is 15.6 Å². The largest absolute Gasteiger partial charge is 0.243 e. The van der Waals surface area contributed by atoms with Crippen molar-refractivity contribution in [3.05, 3.63) is 138 Å². The number of rotatable bonds is 4. The minimum Gasteiger partial charge on any atom is -0.243 e. The molecule has 1 saturated heterocycles. The second kappa shape index (κ2) is 6.93. The summed E-state index contributed by atoms with van der Waals surface area (Å²) in [7, 11) is -0.572. The van der Waals surface area contributed by atoms with E-state index in [1.165, 1.54) is 28.1 Å². The summed E-state index contributed by atoms with van der Waals surface area (Å²) in [5, 5.41) is 5.14. The molecule has 0 bridgehead atoms. The highest BCUT2D eigenvalue weighted by Crippen LogP contribution is 2.87. The van der Waals surface area contributed by atoms with Crippen LogP contribution in [0.3, 0.4) is 0 Å². The molecule has 4 aromatic carbocycles. The SMILES string of the molecule is c1ccc(C2=NN(c3ccccc3)P3C2C3(c2ccccc2)c2ccccc2)cc1. The zero-order chi connectivity index (χ0) is 20.0. The van der Waals surface area contributed by atoms with Crippen LogP contribution in [-0.2, 0) is 5.16 Å². The predicted molar refractivity (Wildman–Crippen MR) is 126 cm³/mol. The van der Waals surface area contributed by atoms with E-state index in [4.69, 9.17) is 5.10 Å². The van der Waals surface area contributed by atoms with E-state index < -0.39 is 8.07 Å². The van der Waals surface area contributed by atoms with Gasteiger partial charge in [-0.3, -0.25) is 0 Å². The van der Waals surface area contributed by atoms with E-state index >= 15 is 0 Å². The molecular weight excluding hydrogens is 383 g/mol. The molecule has 0 amide bonds. The van der Waals surface area contributed by atoms with Gasteiger partial charge in [0, 0.05) is 8.07 Å². The van der Waals surface area contributed by atoms with Gasteiger partial charge in [0.1, 0.15) is 0 Å². The van der Waals surface area contributed by atoms with Gasteiger partial charge >= 0.3 is 0 Å². The van der Waals surface area contributed by atoms with Crippen molar-refractivity contribution in [3.8, 4) is 0 Å². The monoisotopic (exact) mass is 404 g/mol. The number of hydrogen-bond acceptors (Lipinski definition) is 2. The molecule has 4 aromatic rings. The number of fused-ring (bicyclic) bond motifs is 1. The first-order chi connectivity index (χ1) is 14.9. The van der Waals surface area contributed by atoms with Crippen LogP contribution in [-0.4, -0.2) is 11.4 Å². The summed E-state index contributed by atoms with van der Waals surface area (Å²) in [6.45, 7) is 0. The minimum atomic E-state index is -0.572. The first-order valence-corrected chi connectivity index (χ1v) is 11.7. The van der Waals surface area contributed by atoms with Crippen molar-refractivity contribution >= 4 is 19.5 Å². The van der Waals surface area contributed by atoms with Crippen LogP contribution in [0.15, 0.2) is 126 Å². The Kier molecular flexibility index (Phi) is 4.07. The molecule has 2 aliphatic rings. The normalized spacial score (nSPS) is 21.1. The maximum Gasteiger partial charge on any atom is 0.0793 e. The molecule has 0 N–H and O–H groups in total. The third-order valence-electron chi connectivity index (χ3n) is 6.08. The van der Waals surface area contributed by atoms with Crippen LogP contribution < -0.4 is 4.78 Å². The van der Waals surface area contributed by atoms with Crippen molar-refractivity contribution in [1.82, 2.24) is 0 Å². The van der Waals surface area contributed by atoms with Gasteiger partial charge in [-0.2, -0.15) is 5.10 Å². The van der Waals surface area contributed by atoms with Crippen LogP contribution >= 0.6 is 8.07 Å². The molecule has 1 fully saturated rings. The fourth-order valence-corrected chi connectivity index (χ4v) is 8.24. The number of anilines is 1. The maximum absolute atomic E-state index is 5.18. The molecule has 0 spiro atoms. The average Bonchev–Trinajstić information content (AvgIpc) is 3.36. The van der Waals surface area contributed by atoms with Gasteiger partial charge in [0.25, 0.3) is 0 Å². The Morgan fingerprint density at radius 3 is 1.60 bits per heavy atom. The zero-order valence-corrected chi connectivity index (χ0v) is 17.4. The van der Waals surface area contributed by atoms with Gasteiger partial charge in [0.05, 0.1) is 22.2 Å². The lowest BCUT2D eigenvalue weighted by atomic mass is 9.85. The predicted octanol–water partition coefficient (Wildman–Crippen LogP) is 6.63. The summed E-state index contributed by atoms with van der Waals surface area (Å²) >= 11 is 0. The highest BCUT2D eigenvalue weighted by molar-refractivity contribution is 7.71. The van der Waals surface area contributed by atoms with Crippen LogP contribution in [0.25, 0.3) is 0 Å². The van der Waals surface area contributed by atoms with Crippen molar-refractivity contribution in [1.29, 1.82) is 0 Å². The van der Waals surface area contributed by atoms with Gasteiger partial charge in [0.15, 0.2) is 0 Å². The van der Waals surface area contributed by atoms with Crippen molar-refractivity contribution < 1.29 is 0 Å². The molecule has 2 unspecified atom stereocenters. The van der Waals surface area contributed by atoms with Gasteiger partial charge in [-0.05, 0) is 28.8 Å². The van der Waals surface area contributed by atoms with Crippen LogP contribution in [0.4, 0.5) is 5.69 Å². The molecule has 3 heteroatoms. The minimum absolute atomic E-state index is 0.0411. The fraction of sp³-hybridized carbons (Fsp3) is 0.0741. The van der Waals surface area contributed by atoms with Crippen molar-refractivity contribution in [2.75, 3.05) is 4.78 Å². The average molecular weight is 404 g/mol. The maximum atomic E-state index is 5.18. The van der Waals surface area contributed by atoms with Gasteiger partial charge < -0.3 is 0 Å². The van der Waals surface area contributed by atoms with Crippen LogP contribution in [0.2, 0.25) is 0 Å². The highest BCUT2D eigenvalue weighted by Gasteiger charge is 2.74. The Balaban J connectivity index is 1.58. The molecule has 2 nitrogen and oxygen atoms in total. The van der Waals surface area contributed by atoms with E-state index in [1.54, 1.807) is 0 Å². The van der Waals surface area contributed by atoms with E-state index in [2.05, 4.69) is 126 Å². The third-order valence-corrected chi connectivity index (χ3v) is 9.15. The molecule has 2 heterocycles. The summed E-state index contributed by atoms with van der Waals surface area (Å²) in [6, 6.07) is 43.3. The summed E-state index contributed by atoms with van der Waals surface area (Å²) in [4.78, 5) is 0. The second-order valence-corrected chi connectivity index (χ2v) is 10.0. The smallest absolute Gasteiger partial charge is 0.0793 e. The van der Waals surface area contributed by atoms with E-state index in [1.807, 2.05) is 0 Å². The highest BCUT2D eigenvalue weighted by atomic mass is 31.1. The second-order valence-electron chi connectivity index (χ2n) is 7.72. The van der Waals surface area contributed by atoms with Crippen molar-refractivity contribution in [2.45, 2.75) is 10.8 Å². The quantitative estimate of drug-likeness (QED) is 0.348. The van der Waals surface area contributed by atoms with Crippen molar-refractivity contribution in [2.24, 2.45) is 5.10 Å². The van der Waals surface area contributed by atoms with Crippen LogP contribution in [0.5, 0.6) is 0 Å². The van der Waals surface area contributed by atoms with Crippen LogP contribution in [0, 0.1) is 0 Å².